The lowest BCUT2D eigenvalue weighted by Gasteiger charge is -2.25. The normalized spacial score (nSPS) is 18.3. The average molecular weight is 259 g/mol. The minimum atomic E-state index is 0.886. The highest BCUT2D eigenvalue weighted by Gasteiger charge is 2.08. The van der Waals surface area contributed by atoms with Crippen molar-refractivity contribution in [3.05, 3.63) is 0 Å². The molecule has 18 heavy (non-hydrogen) atoms. The summed E-state index contributed by atoms with van der Waals surface area (Å²) in [5, 5.41) is 0. The van der Waals surface area contributed by atoms with Gasteiger partial charge in [-0.25, -0.2) is 0 Å². The summed E-state index contributed by atoms with van der Waals surface area (Å²) in [6.45, 7) is 18.3. The third kappa shape index (κ3) is 12.4. The monoisotopic (exact) mass is 259 g/mol. The molecule has 0 radical (unpaired) electrons. The second-order valence-corrected chi connectivity index (χ2v) is 4.46. The van der Waals surface area contributed by atoms with Gasteiger partial charge in [-0.3, -0.25) is 0 Å². The summed E-state index contributed by atoms with van der Waals surface area (Å²) in [6.07, 6.45) is 5.09. The lowest BCUT2D eigenvalue weighted by molar-refractivity contribution is 0.0870. The first kappa shape index (κ1) is 20.2. The molecule has 0 amide bonds. The van der Waals surface area contributed by atoms with Crippen LogP contribution < -0.4 is 0 Å². The summed E-state index contributed by atoms with van der Waals surface area (Å²) < 4.78 is 5.44. The molecule has 1 fully saturated rings. The van der Waals surface area contributed by atoms with Crippen molar-refractivity contribution in [1.29, 1.82) is 0 Å². The van der Waals surface area contributed by atoms with Gasteiger partial charge in [-0.2, -0.15) is 0 Å². The van der Waals surface area contributed by atoms with E-state index in [1.807, 2.05) is 27.7 Å². The third-order valence-corrected chi connectivity index (χ3v) is 3.16. The summed E-state index contributed by atoms with van der Waals surface area (Å²) in [5.74, 6) is 0.886. The summed E-state index contributed by atoms with van der Waals surface area (Å²) >= 11 is 0. The first-order chi connectivity index (χ1) is 8.83. The van der Waals surface area contributed by atoms with Gasteiger partial charge in [0.2, 0.25) is 0 Å². The Morgan fingerprint density at radius 3 is 1.94 bits per heavy atom. The van der Waals surface area contributed by atoms with Crippen molar-refractivity contribution in [1.82, 2.24) is 4.90 Å². The Bertz CT molecular complexity index is 131. The van der Waals surface area contributed by atoms with E-state index in [1.165, 1.54) is 45.3 Å². The Morgan fingerprint density at radius 1 is 1.00 bits per heavy atom. The molecule has 1 aliphatic rings. The van der Waals surface area contributed by atoms with Crippen molar-refractivity contribution >= 4 is 0 Å². The zero-order valence-electron chi connectivity index (χ0n) is 13.8. The van der Waals surface area contributed by atoms with E-state index in [2.05, 4.69) is 18.7 Å². The maximum absolute atomic E-state index is 5.44. The van der Waals surface area contributed by atoms with E-state index in [0.717, 1.165) is 19.1 Å². The van der Waals surface area contributed by atoms with Gasteiger partial charge in [-0.1, -0.05) is 48.0 Å². The van der Waals surface area contributed by atoms with Gasteiger partial charge in [-0.15, -0.1) is 0 Å². The van der Waals surface area contributed by atoms with Crippen LogP contribution in [0.1, 0.15) is 67.2 Å². The molecule has 0 spiro atoms. The molecular weight excluding hydrogens is 222 g/mol. The molecule has 0 aromatic heterocycles. The van der Waals surface area contributed by atoms with Crippen LogP contribution in [0.5, 0.6) is 0 Å². The molecular formula is C16H37NO. The van der Waals surface area contributed by atoms with Crippen molar-refractivity contribution in [2.45, 2.75) is 67.2 Å². The Labute approximate surface area is 116 Å². The zero-order chi connectivity index (χ0) is 14.2. The van der Waals surface area contributed by atoms with Gasteiger partial charge >= 0.3 is 0 Å². The van der Waals surface area contributed by atoms with Gasteiger partial charge in [0, 0.05) is 26.3 Å². The predicted molar refractivity (Wildman–Crippen MR) is 83.3 cm³/mol. The van der Waals surface area contributed by atoms with Crippen molar-refractivity contribution in [3.8, 4) is 0 Å². The van der Waals surface area contributed by atoms with Gasteiger partial charge < -0.3 is 9.64 Å². The summed E-state index contributed by atoms with van der Waals surface area (Å²) in [5.41, 5.74) is 0. The Kier molecular flexibility index (Phi) is 19.0. The number of nitrogens with zero attached hydrogens (tertiary/aromatic N) is 1. The molecule has 2 nitrogen and oxygen atoms in total. The van der Waals surface area contributed by atoms with Gasteiger partial charge in [0.15, 0.2) is 0 Å². The van der Waals surface area contributed by atoms with Gasteiger partial charge in [0.1, 0.15) is 0 Å². The summed E-state index contributed by atoms with van der Waals surface area (Å²) in [6, 6.07) is 0. The van der Waals surface area contributed by atoms with Crippen LogP contribution in [0.15, 0.2) is 0 Å². The number of rotatable bonds is 4. The van der Waals surface area contributed by atoms with E-state index in [1.54, 1.807) is 0 Å². The Balaban J connectivity index is 0. The van der Waals surface area contributed by atoms with Crippen molar-refractivity contribution in [2.24, 2.45) is 5.92 Å². The van der Waals surface area contributed by atoms with Gasteiger partial charge in [-0.05, 0) is 31.7 Å². The maximum atomic E-state index is 5.44. The largest absolute Gasteiger partial charge is 0.381 e. The predicted octanol–water partition coefficient (Wildman–Crippen LogP) is 4.59. The Hall–Kier alpha value is -0.0800. The molecule has 0 bridgehead atoms. The molecule has 1 atom stereocenters. The molecule has 0 aromatic carbocycles. The molecule has 0 N–H and O–H groups in total. The van der Waals surface area contributed by atoms with Gasteiger partial charge in [0.05, 0.1) is 0 Å². The van der Waals surface area contributed by atoms with Crippen LogP contribution in [0, 0.1) is 5.92 Å². The molecule has 1 rings (SSSR count). The maximum Gasteiger partial charge on any atom is 0.0478 e. The molecule has 1 saturated heterocycles. The van der Waals surface area contributed by atoms with Crippen LogP contribution in [0.4, 0.5) is 0 Å². The van der Waals surface area contributed by atoms with Crippen molar-refractivity contribution < 1.29 is 4.74 Å². The fourth-order valence-electron chi connectivity index (χ4n) is 1.82. The highest BCUT2D eigenvalue weighted by atomic mass is 16.5. The molecule has 0 aliphatic carbocycles. The molecule has 2 heteroatoms. The first-order valence-electron chi connectivity index (χ1n) is 8.13. The van der Waals surface area contributed by atoms with E-state index >= 15 is 0 Å². The zero-order valence-corrected chi connectivity index (χ0v) is 13.8. The Morgan fingerprint density at radius 2 is 1.50 bits per heavy atom. The molecule has 1 heterocycles. The topological polar surface area (TPSA) is 12.5 Å². The number of hydrogen-bond donors (Lipinski definition) is 0. The highest BCUT2D eigenvalue weighted by Crippen LogP contribution is 2.09. The van der Waals surface area contributed by atoms with Crippen LogP contribution in [-0.2, 0) is 4.74 Å². The smallest absolute Gasteiger partial charge is 0.0478 e. The highest BCUT2D eigenvalue weighted by molar-refractivity contribution is 4.62. The van der Waals surface area contributed by atoms with Crippen LogP contribution in [0.2, 0.25) is 0 Å². The van der Waals surface area contributed by atoms with Crippen LogP contribution in [0.3, 0.4) is 0 Å². The van der Waals surface area contributed by atoms with E-state index in [0.29, 0.717) is 0 Å². The van der Waals surface area contributed by atoms with Crippen molar-refractivity contribution in [2.75, 3.05) is 32.8 Å². The second-order valence-electron chi connectivity index (χ2n) is 4.46. The lowest BCUT2D eigenvalue weighted by Crippen LogP contribution is -2.31. The second kappa shape index (κ2) is 16.9. The lowest BCUT2D eigenvalue weighted by atomic mass is 10.0. The fourth-order valence-corrected chi connectivity index (χ4v) is 1.82. The summed E-state index contributed by atoms with van der Waals surface area (Å²) in [4.78, 5) is 2.61. The minimum absolute atomic E-state index is 0.886. The number of ether oxygens (including phenoxy) is 1. The first-order valence-corrected chi connectivity index (χ1v) is 8.13. The van der Waals surface area contributed by atoms with Crippen LogP contribution >= 0.6 is 0 Å². The van der Waals surface area contributed by atoms with Crippen molar-refractivity contribution in [3.63, 3.8) is 0 Å². The van der Waals surface area contributed by atoms with Gasteiger partial charge in [0.25, 0.3) is 0 Å². The standard InChI is InChI=1S/C12H25NO.2C2H6/c1-3-12(2)6-9-13-7-4-10-14-11-5-8-13;2*1-2/h12H,3-11H2,1-2H3;2*1-2H3. The van der Waals surface area contributed by atoms with E-state index < -0.39 is 0 Å². The molecule has 1 aliphatic heterocycles. The average Bonchev–Trinajstić information content (AvgIpc) is 2.41. The fraction of sp³-hybridized carbons (Fsp3) is 1.00. The van der Waals surface area contributed by atoms with Crippen LogP contribution in [0.25, 0.3) is 0 Å². The van der Waals surface area contributed by atoms with E-state index in [4.69, 9.17) is 4.74 Å². The number of hydrogen-bond acceptors (Lipinski definition) is 2. The molecule has 1 unspecified atom stereocenters. The minimum Gasteiger partial charge on any atom is -0.381 e. The molecule has 0 aromatic rings. The van der Waals surface area contributed by atoms with Crippen LogP contribution in [-0.4, -0.2) is 37.7 Å². The third-order valence-electron chi connectivity index (χ3n) is 3.16. The molecule has 112 valence electrons. The van der Waals surface area contributed by atoms with E-state index in [-0.39, 0.29) is 0 Å². The van der Waals surface area contributed by atoms with E-state index in [9.17, 15) is 0 Å². The molecule has 0 saturated carbocycles. The summed E-state index contributed by atoms with van der Waals surface area (Å²) in [7, 11) is 0. The quantitative estimate of drug-likeness (QED) is 0.732. The SMILES string of the molecule is CC.CC.CCC(C)CCN1CCCOCCC1.